The van der Waals surface area contributed by atoms with Crippen LogP contribution < -0.4 is 4.90 Å². The number of alkyl halides is 6. The van der Waals surface area contributed by atoms with E-state index in [0.717, 1.165) is 4.90 Å². The highest BCUT2D eigenvalue weighted by atomic mass is 19.4. The van der Waals surface area contributed by atoms with Gasteiger partial charge in [-0.05, 0) is 36.8 Å². The van der Waals surface area contributed by atoms with E-state index in [1.54, 1.807) is 25.4 Å². The molecule has 3 rings (SSSR count). The Morgan fingerprint density at radius 1 is 1.20 bits per heavy atom. The molecule has 1 unspecified atom stereocenters. The van der Waals surface area contributed by atoms with Crippen molar-refractivity contribution in [1.29, 1.82) is 0 Å². The number of aromatic nitrogens is 1. The van der Waals surface area contributed by atoms with Crippen LogP contribution in [0.15, 0.2) is 24.5 Å². The van der Waals surface area contributed by atoms with Crippen LogP contribution in [0.3, 0.4) is 0 Å². The van der Waals surface area contributed by atoms with Crippen LogP contribution >= 0.6 is 0 Å². The van der Waals surface area contributed by atoms with Gasteiger partial charge in [0, 0.05) is 32.3 Å². The van der Waals surface area contributed by atoms with Crippen molar-refractivity contribution >= 4 is 17.7 Å². The predicted molar refractivity (Wildman–Crippen MR) is 91.4 cm³/mol. The molecule has 166 valence electrons. The summed E-state index contributed by atoms with van der Waals surface area (Å²) in [6, 6.07) is 3.40. The topological polar surface area (TPSA) is 62.7 Å². The van der Waals surface area contributed by atoms with E-state index in [4.69, 9.17) is 0 Å². The van der Waals surface area contributed by atoms with Gasteiger partial charge >= 0.3 is 18.4 Å². The van der Waals surface area contributed by atoms with Crippen molar-refractivity contribution in [2.24, 2.45) is 11.3 Å². The first-order valence-corrected chi connectivity index (χ1v) is 9.12. The molecule has 0 N–H and O–H groups in total. The largest absolute Gasteiger partial charge is 0.434 e. The van der Waals surface area contributed by atoms with E-state index in [0.29, 0.717) is 24.9 Å². The average Bonchev–Trinajstić information content (AvgIpc) is 3.37. The quantitative estimate of drug-likeness (QED) is 0.673. The third-order valence-corrected chi connectivity index (χ3v) is 5.68. The van der Waals surface area contributed by atoms with Gasteiger partial charge in [-0.15, -0.1) is 0 Å². The second kappa shape index (κ2) is 7.62. The lowest BCUT2D eigenvalue weighted by molar-refractivity contribution is -0.308. The van der Waals surface area contributed by atoms with Crippen molar-refractivity contribution in [3.63, 3.8) is 0 Å². The van der Waals surface area contributed by atoms with E-state index in [9.17, 15) is 35.9 Å². The first-order chi connectivity index (χ1) is 13.8. The Hall–Kier alpha value is -2.53. The van der Waals surface area contributed by atoms with Gasteiger partial charge in [0.2, 0.25) is 5.91 Å². The van der Waals surface area contributed by atoms with Gasteiger partial charge in [-0.2, -0.15) is 26.3 Å². The summed E-state index contributed by atoms with van der Waals surface area (Å²) >= 11 is 0. The van der Waals surface area contributed by atoms with Gasteiger partial charge in [-0.25, -0.2) is 4.79 Å². The lowest BCUT2D eigenvalue weighted by Crippen LogP contribution is -2.49. The fourth-order valence-corrected chi connectivity index (χ4v) is 3.79. The summed E-state index contributed by atoms with van der Waals surface area (Å²) in [6.07, 6.45) is -13.1. The van der Waals surface area contributed by atoms with Crippen LogP contribution in [0.4, 0.5) is 36.8 Å². The minimum absolute atomic E-state index is 0.0817. The lowest BCUT2D eigenvalue weighted by atomic mass is 9.90. The summed E-state index contributed by atoms with van der Waals surface area (Å²) in [5.41, 5.74) is 0.202. The molecule has 1 atom stereocenters. The molecule has 30 heavy (non-hydrogen) atoms. The molecule has 0 bridgehead atoms. The minimum Gasteiger partial charge on any atom is -0.426 e. The second-order valence-corrected chi connectivity index (χ2v) is 7.56. The number of anilines is 1. The maximum Gasteiger partial charge on any atom is 0.434 e. The molecule has 1 spiro atoms. The van der Waals surface area contributed by atoms with Crippen molar-refractivity contribution in [2.75, 3.05) is 25.0 Å². The second-order valence-electron chi connectivity index (χ2n) is 7.56. The van der Waals surface area contributed by atoms with E-state index >= 15 is 0 Å². The number of ether oxygens (including phenoxy) is 1. The fourth-order valence-electron chi connectivity index (χ4n) is 3.79. The number of nitrogens with zero attached hydrogens (tertiary/aromatic N) is 3. The molecular weight excluding hydrogens is 420 g/mol. The number of hydrogen-bond acceptors (Lipinski definition) is 4. The first kappa shape index (κ1) is 22.2. The fraction of sp³-hybridized carbons (Fsp3) is 0.611. The molecule has 12 heteroatoms. The number of carbonyl (C=O) groups is 2. The minimum atomic E-state index is -5.75. The Balaban J connectivity index is 1.56. The molecule has 1 aromatic heterocycles. The van der Waals surface area contributed by atoms with Crippen LogP contribution in [0.1, 0.15) is 19.3 Å². The van der Waals surface area contributed by atoms with Gasteiger partial charge < -0.3 is 14.5 Å². The number of likely N-dealkylation sites (tertiary alicyclic amines) is 1. The van der Waals surface area contributed by atoms with E-state index in [1.165, 1.54) is 11.1 Å². The summed E-state index contributed by atoms with van der Waals surface area (Å²) < 4.78 is 79.2. The predicted octanol–water partition coefficient (Wildman–Crippen LogP) is 3.78. The Kier molecular flexibility index (Phi) is 5.63. The zero-order valence-corrected chi connectivity index (χ0v) is 15.8. The molecular formula is C18H19F6N3O3. The monoisotopic (exact) mass is 439 g/mol. The number of piperidine rings is 1. The summed E-state index contributed by atoms with van der Waals surface area (Å²) in [4.78, 5) is 30.8. The SMILES string of the molecule is CN(C(=O)C1CC12CCN(C(=O)OC(C(F)(F)F)C(F)(F)F)CC2)c1cccnc1. The summed E-state index contributed by atoms with van der Waals surface area (Å²) in [7, 11) is 1.60. The van der Waals surface area contributed by atoms with Gasteiger partial charge in [-0.1, -0.05) is 0 Å². The highest BCUT2D eigenvalue weighted by Crippen LogP contribution is 2.60. The Morgan fingerprint density at radius 3 is 2.30 bits per heavy atom. The van der Waals surface area contributed by atoms with Gasteiger partial charge in [0.05, 0.1) is 11.9 Å². The summed E-state index contributed by atoms with van der Waals surface area (Å²) in [6.45, 7) is -0.163. The molecule has 1 aliphatic carbocycles. The van der Waals surface area contributed by atoms with E-state index in [2.05, 4.69) is 9.72 Å². The third kappa shape index (κ3) is 4.46. The smallest absolute Gasteiger partial charge is 0.426 e. The van der Waals surface area contributed by atoms with Crippen LogP contribution in [0.25, 0.3) is 0 Å². The maximum absolute atomic E-state index is 12.7. The molecule has 2 fully saturated rings. The average molecular weight is 439 g/mol. The molecule has 1 saturated heterocycles. The van der Waals surface area contributed by atoms with Crippen molar-refractivity contribution in [1.82, 2.24) is 9.88 Å². The van der Waals surface area contributed by atoms with E-state index < -0.39 is 30.0 Å². The molecule has 1 saturated carbocycles. The zero-order chi connectivity index (χ0) is 22.3. The Labute approximate surface area is 167 Å². The van der Waals surface area contributed by atoms with Crippen LogP contribution in [0, 0.1) is 11.3 Å². The van der Waals surface area contributed by atoms with Gasteiger partial charge in [0.15, 0.2) is 0 Å². The first-order valence-electron chi connectivity index (χ1n) is 9.12. The van der Waals surface area contributed by atoms with Crippen molar-refractivity contribution in [3.8, 4) is 0 Å². The lowest BCUT2D eigenvalue weighted by Gasteiger charge is -2.34. The summed E-state index contributed by atoms with van der Waals surface area (Å²) in [5, 5.41) is 0. The molecule has 2 aliphatic rings. The molecule has 0 radical (unpaired) electrons. The number of carbonyl (C=O) groups excluding carboxylic acids is 2. The number of hydrogen-bond donors (Lipinski definition) is 0. The number of halogens is 6. The van der Waals surface area contributed by atoms with E-state index in [-0.39, 0.29) is 24.9 Å². The standard InChI is InChI=1S/C18H19F6N3O3/c1-26(11-3-2-6-25-10-11)13(28)12-9-16(12)4-7-27(8-5-16)15(29)30-14(17(19,20)21)18(22,23)24/h2-3,6,10,12,14H,4-5,7-9H2,1H3. The van der Waals surface area contributed by atoms with Crippen LogP contribution in [-0.2, 0) is 9.53 Å². The van der Waals surface area contributed by atoms with Crippen molar-refractivity contribution < 1.29 is 40.7 Å². The third-order valence-electron chi connectivity index (χ3n) is 5.68. The van der Waals surface area contributed by atoms with Crippen LogP contribution in [0.2, 0.25) is 0 Å². The van der Waals surface area contributed by atoms with Gasteiger partial charge in [-0.3, -0.25) is 9.78 Å². The van der Waals surface area contributed by atoms with E-state index in [1.807, 2.05) is 0 Å². The summed E-state index contributed by atoms with van der Waals surface area (Å²) in [5.74, 6) is -0.466. The molecule has 6 nitrogen and oxygen atoms in total. The molecule has 2 heterocycles. The zero-order valence-electron chi connectivity index (χ0n) is 15.8. The highest BCUT2D eigenvalue weighted by Gasteiger charge is 2.62. The van der Waals surface area contributed by atoms with Crippen molar-refractivity contribution in [3.05, 3.63) is 24.5 Å². The molecule has 1 aromatic rings. The maximum atomic E-state index is 12.7. The number of rotatable bonds is 3. The molecule has 1 aliphatic heterocycles. The van der Waals surface area contributed by atoms with Gasteiger partial charge in [0.1, 0.15) is 0 Å². The van der Waals surface area contributed by atoms with Crippen LogP contribution in [0.5, 0.6) is 0 Å². The Bertz CT molecular complexity index is 777. The highest BCUT2D eigenvalue weighted by molar-refractivity contribution is 5.96. The molecule has 0 aromatic carbocycles. The Morgan fingerprint density at radius 2 is 1.80 bits per heavy atom. The van der Waals surface area contributed by atoms with Crippen molar-refractivity contribution in [2.45, 2.75) is 37.7 Å². The van der Waals surface area contributed by atoms with Crippen LogP contribution in [-0.4, -0.2) is 60.5 Å². The number of pyridine rings is 1. The number of amides is 2. The normalized spacial score (nSPS) is 20.9. The van der Waals surface area contributed by atoms with Gasteiger partial charge in [0.25, 0.3) is 6.10 Å². The molecule has 2 amide bonds.